The Balaban J connectivity index is 4.32. The molecule has 0 rings (SSSR count). The minimum Gasteiger partial charge on any atom is -0.0695 e. The van der Waals surface area contributed by atoms with Crippen molar-refractivity contribution >= 4 is 8.07 Å². The molecule has 86 valence electrons. The van der Waals surface area contributed by atoms with E-state index >= 15 is 0 Å². The fourth-order valence-corrected chi connectivity index (χ4v) is 4.31. The van der Waals surface area contributed by atoms with E-state index in [0.717, 1.165) is 11.8 Å². The first-order valence-corrected chi connectivity index (χ1v) is 9.72. The van der Waals surface area contributed by atoms with Crippen LogP contribution in [-0.4, -0.2) is 8.07 Å². The van der Waals surface area contributed by atoms with Crippen LogP contribution < -0.4 is 0 Å². The monoisotopic (exact) mass is 214 g/mol. The van der Waals surface area contributed by atoms with Crippen LogP contribution in [0.1, 0.15) is 41.0 Å². The van der Waals surface area contributed by atoms with Gasteiger partial charge >= 0.3 is 0 Å². The summed E-state index contributed by atoms with van der Waals surface area (Å²) in [6.45, 7) is 19.3. The minimum atomic E-state index is -0.883. The summed E-state index contributed by atoms with van der Waals surface area (Å²) < 4.78 is 0. The molecule has 0 aromatic heterocycles. The van der Waals surface area contributed by atoms with E-state index in [1.54, 1.807) is 0 Å². The van der Waals surface area contributed by atoms with Gasteiger partial charge in [0.15, 0.2) is 0 Å². The predicted molar refractivity (Wildman–Crippen MR) is 70.6 cm³/mol. The van der Waals surface area contributed by atoms with Gasteiger partial charge in [0.25, 0.3) is 0 Å². The van der Waals surface area contributed by atoms with Gasteiger partial charge in [-0.05, 0) is 23.7 Å². The van der Waals surface area contributed by atoms with Gasteiger partial charge in [0.05, 0.1) is 0 Å². The molecule has 1 atom stereocenters. The standard InChI is InChI=1S/C13H30Si/c1-11(2)12(9-13(3,4)5)10-14(6,7)8/h11-12H,9-10H2,1-8H3. The van der Waals surface area contributed by atoms with Gasteiger partial charge in [0.2, 0.25) is 0 Å². The maximum Gasteiger partial charge on any atom is 0.0445 e. The predicted octanol–water partition coefficient (Wildman–Crippen LogP) is 5.03. The Morgan fingerprint density at radius 2 is 1.43 bits per heavy atom. The van der Waals surface area contributed by atoms with Crippen LogP contribution in [-0.2, 0) is 0 Å². The van der Waals surface area contributed by atoms with Gasteiger partial charge in [-0.3, -0.25) is 0 Å². The molecule has 0 bridgehead atoms. The van der Waals surface area contributed by atoms with E-state index in [0.29, 0.717) is 5.41 Å². The molecule has 0 aliphatic rings. The summed E-state index contributed by atoms with van der Waals surface area (Å²) in [5.41, 5.74) is 0.495. The Labute approximate surface area is 92.5 Å². The first kappa shape index (κ1) is 14.2. The third kappa shape index (κ3) is 7.60. The summed E-state index contributed by atoms with van der Waals surface area (Å²) >= 11 is 0. The van der Waals surface area contributed by atoms with Crippen molar-refractivity contribution < 1.29 is 0 Å². The summed E-state index contributed by atoms with van der Waals surface area (Å²) in [7, 11) is -0.883. The van der Waals surface area contributed by atoms with Gasteiger partial charge in [0, 0.05) is 8.07 Å². The molecule has 0 aliphatic heterocycles. The summed E-state index contributed by atoms with van der Waals surface area (Å²) in [5, 5.41) is 0. The molecule has 0 amide bonds. The van der Waals surface area contributed by atoms with Crippen LogP contribution in [0, 0.1) is 17.3 Å². The van der Waals surface area contributed by atoms with Crippen molar-refractivity contribution in [3.8, 4) is 0 Å². The lowest BCUT2D eigenvalue weighted by Crippen LogP contribution is -2.28. The van der Waals surface area contributed by atoms with Gasteiger partial charge in [-0.15, -0.1) is 0 Å². The van der Waals surface area contributed by atoms with Crippen LogP contribution in [0.4, 0.5) is 0 Å². The minimum absolute atomic E-state index is 0.495. The fourth-order valence-electron chi connectivity index (χ4n) is 2.12. The van der Waals surface area contributed by atoms with E-state index in [9.17, 15) is 0 Å². The molecule has 1 unspecified atom stereocenters. The Bertz CT molecular complexity index is 141. The molecule has 0 fully saturated rings. The Morgan fingerprint density at radius 1 is 1.00 bits per heavy atom. The molecule has 0 N–H and O–H groups in total. The Kier molecular flexibility index (Phi) is 4.90. The van der Waals surface area contributed by atoms with Crippen LogP contribution in [0.25, 0.3) is 0 Å². The second-order valence-electron chi connectivity index (χ2n) is 7.53. The number of rotatable bonds is 4. The first-order chi connectivity index (χ1) is 6.01. The largest absolute Gasteiger partial charge is 0.0695 e. The third-order valence-corrected chi connectivity index (χ3v) is 4.44. The zero-order valence-electron chi connectivity index (χ0n) is 11.6. The molecular weight excluding hydrogens is 184 g/mol. The Hall–Kier alpha value is 0.217. The molecule has 0 nitrogen and oxygen atoms in total. The zero-order chi connectivity index (χ0) is 11.6. The van der Waals surface area contributed by atoms with Crippen molar-refractivity contribution in [3.63, 3.8) is 0 Å². The van der Waals surface area contributed by atoms with Crippen LogP contribution >= 0.6 is 0 Å². The van der Waals surface area contributed by atoms with Crippen LogP contribution in [0.3, 0.4) is 0 Å². The van der Waals surface area contributed by atoms with Crippen molar-refractivity contribution in [2.75, 3.05) is 0 Å². The van der Waals surface area contributed by atoms with Crippen molar-refractivity contribution in [1.82, 2.24) is 0 Å². The van der Waals surface area contributed by atoms with Crippen molar-refractivity contribution in [1.29, 1.82) is 0 Å². The smallest absolute Gasteiger partial charge is 0.0445 e. The molecular formula is C13H30Si. The van der Waals surface area contributed by atoms with Gasteiger partial charge in [-0.2, -0.15) is 0 Å². The highest BCUT2D eigenvalue weighted by molar-refractivity contribution is 6.76. The summed E-state index contributed by atoms with van der Waals surface area (Å²) in [5.74, 6) is 1.78. The van der Waals surface area contributed by atoms with Crippen LogP contribution in [0.5, 0.6) is 0 Å². The zero-order valence-corrected chi connectivity index (χ0v) is 12.6. The maximum absolute atomic E-state index is 2.49. The highest BCUT2D eigenvalue weighted by Crippen LogP contribution is 2.34. The topological polar surface area (TPSA) is 0 Å². The van der Waals surface area contributed by atoms with Gasteiger partial charge in [0.1, 0.15) is 0 Å². The van der Waals surface area contributed by atoms with E-state index in [2.05, 4.69) is 54.3 Å². The molecule has 0 radical (unpaired) electrons. The average molecular weight is 214 g/mol. The number of hydrogen-bond acceptors (Lipinski definition) is 0. The normalized spacial score (nSPS) is 16.1. The summed E-state index contributed by atoms with van der Waals surface area (Å²) in [6.07, 6.45) is 1.38. The highest BCUT2D eigenvalue weighted by atomic mass is 28.3. The third-order valence-electron chi connectivity index (χ3n) is 2.69. The molecule has 14 heavy (non-hydrogen) atoms. The molecule has 0 saturated carbocycles. The molecule has 0 spiro atoms. The van der Waals surface area contributed by atoms with E-state index in [1.807, 2.05) is 0 Å². The molecule has 0 heterocycles. The fraction of sp³-hybridized carbons (Fsp3) is 1.00. The van der Waals surface area contributed by atoms with Crippen molar-refractivity contribution in [2.24, 2.45) is 17.3 Å². The second kappa shape index (κ2) is 4.83. The molecule has 1 heteroatoms. The van der Waals surface area contributed by atoms with E-state index in [1.165, 1.54) is 12.5 Å². The first-order valence-electron chi connectivity index (χ1n) is 6.01. The van der Waals surface area contributed by atoms with E-state index < -0.39 is 8.07 Å². The SMILES string of the molecule is CC(C)C(CC(C)(C)C)C[Si](C)(C)C. The number of hydrogen-bond donors (Lipinski definition) is 0. The summed E-state index contributed by atoms with van der Waals surface area (Å²) in [4.78, 5) is 0. The second-order valence-corrected chi connectivity index (χ2v) is 13.1. The van der Waals surface area contributed by atoms with Crippen molar-refractivity contribution in [3.05, 3.63) is 0 Å². The van der Waals surface area contributed by atoms with Gasteiger partial charge in [-0.25, -0.2) is 0 Å². The lowest BCUT2D eigenvalue weighted by molar-refractivity contribution is 0.258. The van der Waals surface area contributed by atoms with Gasteiger partial charge in [-0.1, -0.05) is 60.3 Å². The van der Waals surface area contributed by atoms with E-state index in [4.69, 9.17) is 0 Å². The molecule has 0 aromatic carbocycles. The molecule has 0 aliphatic carbocycles. The van der Waals surface area contributed by atoms with Crippen LogP contribution in [0.15, 0.2) is 0 Å². The van der Waals surface area contributed by atoms with Gasteiger partial charge < -0.3 is 0 Å². The summed E-state index contributed by atoms with van der Waals surface area (Å²) in [6, 6.07) is 1.49. The van der Waals surface area contributed by atoms with Crippen LogP contribution in [0.2, 0.25) is 25.7 Å². The average Bonchev–Trinajstić information content (AvgIpc) is 1.78. The quantitative estimate of drug-likeness (QED) is 0.576. The molecule has 0 aromatic rings. The lowest BCUT2D eigenvalue weighted by atomic mass is 9.81. The lowest BCUT2D eigenvalue weighted by Gasteiger charge is -2.32. The van der Waals surface area contributed by atoms with Crippen molar-refractivity contribution in [2.45, 2.75) is 66.7 Å². The van der Waals surface area contributed by atoms with E-state index in [-0.39, 0.29) is 0 Å². The highest BCUT2D eigenvalue weighted by Gasteiger charge is 2.26. The molecule has 0 saturated heterocycles. The Morgan fingerprint density at radius 3 is 1.64 bits per heavy atom. The maximum atomic E-state index is 2.49.